The molecule has 0 aliphatic heterocycles. The number of aromatic carboxylic acids is 1. The van der Waals surface area contributed by atoms with Crippen LogP contribution in [0, 0.1) is 0 Å². The maximum Gasteiger partial charge on any atom is 0.335 e. The van der Waals surface area contributed by atoms with Crippen LogP contribution in [0.1, 0.15) is 10.4 Å². The molecule has 0 spiro atoms. The minimum absolute atomic E-state index is 0.210. The van der Waals surface area contributed by atoms with Gasteiger partial charge in [-0.15, -0.1) is 5.10 Å². The Morgan fingerprint density at radius 3 is 2.93 bits per heavy atom. The molecule has 0 unspecified atom stereocenters. The smallest absolute Gasteiger partial charge is 0.335 e. The van der Waals surface area contributed by atoms with E-state index in [0.717, 1.165) is 0 Å². The zero-order valence-electron chi connectivity index (χ0n) is 6.94. The summed E-state index contributed by atoms with van der Waals surface area (Å²) in [4.78, 5) is 10.7. The van der Waals surface area contributed by atoms with Crippen LogP contribution >= 0.6 is 11.6 Å². The topological polar surface area (TPSA) is 63.1 Å². The highest BCUT2D eigenvalue weighted by molar-refractivity contribution is 6.34. The van der Waals surface area contributed by atoms with Gasteiger partial charge in [0.1, 0.15) is 0 Å². The lowest BCUT2D eigenvalue weighted by Crippen LogP contribution is -1.95. The molecule has 0 bridgehead atoms. The molecule has 1 heterocycles. The second-order valence-corrected chi connectivity index (χ2v) is 3.10. The van der Waals surface area contributed by atoms with Gasteiger partial charge in [0.25, 0.3) is 0 Å². The minimum atomic E-state index is -0.972. The number of rotatable bonds is 1. The highest BCUT2D eigenvalue weighted by Crippen LogP contribution is 2.20. The number of nitrogens with zero attached hydrogens (tertiary/aromatic N) is 2. The second-order valence-electron chi connectivity index (χ2n) is 2.74. The van der Waals surface area contributed by atoms with Crippen LogP contribution in [-0.2, 0) is 0 Å². The average molecular weight is 209 g/mol. The van der Waals surface area contributed by atoms with Crippen LogP contribution in [0.5, 0.6) is 0 Å². The SMILES string of the molecule is O=C(O)c1ccc2c(Cl)nncc2c1. The third-order valence-electron chi connectivity index (χ3n) is 1.86. The Balaban J connectivity index is 2.73. The highest BCUT2D eigenvalue weighted by atomic mass is 35.5. The fourth-order valence-corrected chi connectivity index (χ4v) is 1.40. The molecule has 0 saturated carbocycles. The number of benzene rings is 1. The van der Waals surface area contributed by atoms with Crippen LogP contribution in [0.25, 0.3) is 10.8 Å². The number of halogens is 1. The van der Waals surface area contributed by atoms with E-state index in [-0.39, 0.29) is 10.7 Å². The second kappa shape index (κ2) is 3.23. The number of aromatic nitrogens is 2. The first-order valence-corrected chi connectivity index (χ1v) is 4.20. The van der Waals surface area contributed by atoms with Crippen molar-refractivity contribution >= 4 is 28.3 Å². The maximum atomic E-state index is 10.7. The zero-order valence-corrected chi connectivity index (χ0v) is 7.69. The Morgan fingerprint density at radius 2 is 2.21 bits per heavy atom. The van der Waals surface area contributed by atoms with Gasteiger partial charge in [0.05, 0.1) is 11.8 Å². The van der Waals surface area contributed by atoms with Gasteiger partial charge in [-0.25, -0.2) is 4.79 Å². The molecule has 0 atom stereocenters. The normalized spacial score (nSPS) is 10.4. The van der Waals surface area contributed by atoms with E-state index in [4.69, 9.17) is 16.7 Å². The summed E-state index contributed by atoms with van der Waals surface area (Å²) in [6, 6.07) is 4.62. The summed E-state index contributed by atoms with van der Waals surface area (Å²) in [6.45, 7) is 0. The average Bonchev–Trinajstić information content (AvgIpc) is 2.17. The predicted octanol–water partition coefficient (Wildman–Crippen LogP) is 1.98. The zero-order chi connectivity index (χ0) is 10.1. The van der Waals surface area contributed by atoms with E-state index in [1.54, 1.807) is 6.07 Å². The Kier molecular flexibility index (Phi) is 2.05. The van der Waals surface area contributed by atoms with Gasteiger partial charge in [0.2, 0.25) is 0 Å². The van der Waals surface area contributed by atoms with Crippen molar-refractivity contribution in [2.75, 3.05) is 0 Å². The summed E-state index contributed by atoms with van der Waals surface area (Å²) in [5.41, 5.74) is 0.210. The molecule has 0 amide bonds. The molecule has 0 saturated heterocycles. The van der Waals surface area contributed by atoms with Crippen LogP contribution in [0.4, 0.5) is 0 Å². The molecule has 1 aromatic heterocycles. The summed E-state index contributed by atoms with van der Waals surface area (Å²) >= 11 is 5.77. The third-order valence-corrected chi connectivity index (χ3v) is 2.14. The number of fused-ring (bicyclic) bond motifs is 1. The number of hydrogen-bond acceptors (Lipinski definition) is 3. The van der Waals surface area contributed by atoms with Gasteiger partial charge >= 0.3 is 5.97 Å². The quantitative estimate of drug-likeness (QED) is 0.779. The van der Waals surface area contributed by atoms with E-state index in [9.17, 15) is 4.79 Å². The van der Waals surface area contributed by atoms with E-state index < -0.39 is 5.97 Å². The van der Waals surface area contributed by atoms with Crippen molar-refractivity contribution in [1.82, 2.24) is 10.2 Å². The monoisotopic (exact) mass is 208 g/mol. The number of carboxylic acid groups (broad SMARTS) is 1. The largest absolute Gasteiger partial charge is 0.478 e. The Hall–Kier alpha value is -1.68. The number of hydrogen-bond donors (Lipinski definition) is 1. The molecule has 1 N–H and O–H groups in total. The van der Waals surface area contributed by atoms with E-state index in [0.29, 0.717) is 10.8 Å². The van der Waals surface area contributed by atoms with Crippen molar-refractivity contribution in [3.63, 3.8) is 0 Å². The molecule has 4 nitrogen and oxygen atoms in total. The summed E-state index contributed by atoms with van der Waals surface area (Å²) in [7, 11) is 0. The molecule has 0 radical (unpaired) electrons. The number of carbonyl (C=O) groups is 1. The van der Waals surface area contributed by atoms with Crippen molar-refractivity contribution in [3.8, 4) is 0 Å². The molecule has 0 aliphatic carbocycles. The lowest BCUT2D eigenvalue weighted by molar-refractivity contribution is 0.0697. The van der Waals surface area contributed by atoms with Crippen LogP contribution in [-0.4, -0.2) is 21.3 Å². The highest BCUT2D eigenvalue weighted by Gasteiger charge is 2.05. The molecule has 2 rings (SSSR count). The summed E-state index contributed by atoms with van der Waals surface area (Å²) in [6.07, 6.45) is 1.48. The summed E-state index contributed by atoms with van der Waals surface area (Å²) < 4.78 is 0. The molecular formula is C9H5ClN2O2. The fourth-order valence-electron chi connectivity index (χ4n) is 1.19. The van der Waals surface area contributed by atoms with Crippen molar-refractivity contribution in [2.24, 2.45) is 0 Å². The van der Waals surface area contributed by atoms with E-state index in [2.05, 4.69) is 10.2 Å². The molecule has 70 valence electrons. The van der Waals surface area contributed by atoms with Crippen molar-refractivity contribution < 1.29 is 9.90 Å². The molecular weight excluding hydrogens is 204 g/mol. The number of carboxylic acids is 1. The first-order valence-electron chi connectivity index (χ1n) is 3.83. The summed E-state index contributed by atoms with van der Waals surface area (Å²) in [5, 5.41) is 17.7. The van der Waals surface area contributed by atoms with E-state index >= 15 is 0 Å². The maximum absolute atomic E-state index is 10.7. The van der Waals surface area contributed by atoms with Crippen molar-refractivity contribution in [1.29, 1.82) is 0 Å². The van der Waals surface area contributed by atoms with Crippen LogP contribution < -0.4 is 0 Å². The van der Waals surface area contributed by atoms with Gasteiger partial charge in [0.15, 0.2) is 5.15 Å². The van der Waals surface area contributed by atoms with Crippen molar-refractivity contribution in [3.05, 3.63) is 35.1 Å². The Bertz CT molecular complexity index is 513. The van der Waals surface area contributed by atoms with E-state index in [1.807, 2.05) is 0 Å². The van der Waals surface area contributed by atoms with Gasteiger partial charge in [0, 0.05) is 10.8 Å². The van der Waals surface area contributed by atoms with E-state index in [1.165, 1.54) is 18.3 Å². The van der Waals surface area contributed by atoms with Gasteiger partial charge in [-0.3, -0.25) is 0 Å². The first-order chi connectivity index (χ1) is 6.68. The van der Waals surface area contributed by atoms with Crippen LogP contribution in [0.3, 0.4) is 0 Å². The molecule has 0 aliphatic rings. The Morgan fingerprint density at radius 1 is 1.43 bits per heavy atom. The van der Waals surface area contributed by atoms with Crippen LogP contribution in [0.15, 0.2) is 24.4 Å². The minimum Gasteiger partial charge on any atom is -0.478 e. The lowest BCUT2D eigenvalue weighted by Gasteiger charge is -1.99. The first kappa shape index (κ1) is 8.90. The standard InChI is InChI=1S/C9H5ClN2O2/c10-8-7-2-1-5(9(13)14)3-6(7)4-11-12-8/h1-4H,(H,13,14). The molecule has 0 fully saturated rings. The molecule has 14 heavy (non-hydrogen) atoms. The fraction of sp³-hybridized carbons (Fsp3) is 0. The van der Waals surface area contributed by atoms with Gasteiger partial charge in [-0.1, -0.05) is 17.7 Å². The molecule has 2 aromatic rings. The summed E-state index contributed by atoms with van der Waals surface area (Å²) in [5.74, 6) is -0.972. The van der Waals surface area contributed by atoms with Crippen molar-refractivity contribution in [2.45, 2.75) is 0 Å². The van der Waals surface area contributed by atoms with Gasteiger partial charge < -0.3 is 5.11 Å². The van der Waals surface area contributed by atoms with Crippen LogP contribution in [0.2, 0.25) is 5.15 Å². The lowest BCUT2D eigenvalue weighted by atomic mass is 10.1. The Labute approximate surface area is 84.1 Å². The molecule has 5 heteroatoms. The third kappa shape index (κ3) is 1.40. The van der Waals surface area contributed by atoms with Gasteiger partial charge in [-0.05, 0) is 12.1 Å². The predicted molar refractivity (Wildman–Crippen MR) is 51.5 cm³/mol. The van der Waals surface area contributed by atoms with Gasteiger partial charge in [-0.2, -0.15) is 5.10 Å². The molecule has 1 aromatic carbocycles.